The van der Waals surface area contributed by atoms with Crippen molar-refractivity contribution in [2.45, 2.75) is 6.92 Å². The maximum Gasteiger partial charge on any atom is 0.187 e. The molecule has 0 atom stereocenters. The van der Waals surface area contributed by atoms with Gasteiger partial charge in [-0.05, 0) is 6.92 Å². The van der Waals surface area contributed by atoms with Gasteiger partial charge in [0.25, 0.3) is 0 Å². The third-order valence-corrected chi connectivity index (χ3v) is 3.00. The first-order chi connectivity index (χ1) is 5.69. The van der Waals surface area contributed by atoms with E-state index in [9.17, 15) is 4.79 Å². The number of rotatable bonds is 3. The van der Waals surface area contributed by atoms with E-state index in [0.717, 1.165) is 18.0 Å². The van der Waals surface area contributed by atoms with Crippen molar-refractivity contribution < 1.29 is 4.79 Å². The lowest BCUT2D eigenvalue weighted by molar-refractivity contribution is 0.112. The molecule has 0 bridgehead atoms. The second kappa shape index (κ2) is 3.87. The highest BCUT2D eigenvalue weighted by atomic mass is 35.5. The third-order valence-electron chi connectivity index (χ3n) is 1.51. The Morgan fingerprint density at radius 1 is 1.75 bits per heavy atom. The smallest absolute Gasteiger partial charge is 0.187 e. The Balaban J connectivity index is 2.96. The summed E-state index contributed by atoms with van der Waals surface area (Å²) in [6.07, 6.45) is 0.729. The number of halogens is 1. The third kappa shape index (κ3) is 1.76. The Hall–Kier alpha value is -0.610. The van der Waals surface area contributed by atoms with Crippen LogP contribution in [-0.2, 0) is 0 Å². The lowest BCUT2D eigenvalue weighted by Crippen LogP contribution is -2.15. The van der Waals surface area contributed by atoms with E-state index in [1.807, 2.05) is 18.9 Å². The highest BCUT2D eigenvalue weighted by Gasteiger charge is 2.10. The summed E-state index contributed by atoms with van der Waals surface area (Å²) in [6.45, 7) is 2.86. The van der Waals surface area contributed by atoms with E-state index in [1.54, 1.807) is 0 Å². The van der Waals surface area contributed by atoms with Gasteiger partial charge in [0.1, 0.15) is 4.88 Å². The van der Waals surface area contributed by atoms with Gasteiger partial charge < -0.3 is 4.90 Å². The number of anilines is 1. The summed E-state index contributed by atoms with van der Waals surface area (Å²) in [5, 5.41) is 1.08. The summed E-state index contributed by atoms with van der Waals surface area (Å²) in [6, 6.07) is 0. The molecule has 0 radical (unpaired) electrons. The van der Waals surface area contributed by atoms with Crippen molar-refractivity contribution in [2.75, 3.05) is 18.5 Å². The van der Waals surface area contributed by atoms with Crippen molar-refractivity contribution in [3.05, 3.63) is 10.0 Å². The molecule has 0 aromatic carbocycles. The van der Waals surface area contributed by atoms with Crippen LogP contribution in [0, 0.1) is 0 Å². The molecule has 1 heterocycles. The zero-order valence-electron chi connectivity index (χ0n) is 6.87. The molecule has 0 N–H and O–H groups in total. The van der Waals surface area contributed by atoms with Gasteiger partial charge in [0.15, 0.2) is 16.6 Å². The Morgan fingerprint density at radius 3 is 2.83 bits per heavy atom. The van der Waals surface area contributed by atoms with Crippen molar-refractivity contribution in [1.29, 1.82) is 0 Å². The first-order valence-corrected chi connectivity index (χ1v) is 4.71. The van der Waals surface area contributed by atoms with E-state index >= 15 is 0 Å². The minimum absolute atomic E-state index is 0.297. The highest BCUT2D eigenvalue weighted by Crippen LogP contribution is 2.27. The van der Waals surface area contributed by atoms with Crippen molar-refractivity contribution in [1.82, 2.24) is 4.98 Å². The van der Waals surface area contributed by atoms with Crippen molar-refractivity contribution in [2.24, 2.45) is 0 Å². The predicted octanol–water partition coefficient (Wildman–Crippen LogP) is 2.07. The number of nitrogens with zero attached hydrogens (tertiary/aromatic N) is 2. The SMILES string of the molecule is CCN(C)c1nc(Cl)c(C=O)s1. The summed E-state index contributed by atoms with van der Waals surface area (Å²) >= 11 is 6.99. The molecule has 0 fully saturated rings. The number of hydrogen-bond acceptors (Lipinski definition) is 4. The summed E-state index contributed by atoms with van der Waals surface area (Å²) < 4.78 is 0. The van der Waals surface area contributed by atoms with E-state index in [2.05, 4.69) is 4.98 Å². The molecule has 12 heavy (non-hydrogen) atoms. The maximum atomic E-state index is 10.4. The van der Waals surface area contributed by atoms with Gasteiger partial charge in [0.05, 0.1) is 0 Å². The largest absolute Gasteiger partial charge is 0.351 e. The Kier molecular flexibility index (Phi) is 3.05. The quantitative estimate of drug-likeness (QED) is 0.707. The van der Waals surface area contributed by atoms with E-state index in [1.165, 1.54) is 11.3 Å². The number of aldehydes is 1. The van der Waals surface area contributed by atoms with Crippen LogP contribution in [0.2, 0.25) is 5.15 Å². The molecule has 5 heteroatoms. The van der Waals surface area contributed by atoms with Gasteiger partial charge in [0.2, 0.25) is 0 Å². The van der Waals surface area contributed by atoms with Crippen LogP contribution in [0.4, 0.5) is 5.13 Å². The molecule has 0 saturated heterocycles. The van der Waals surface area contributed by atoms with Crippen LogP contribution < -0.4 is 4.90 Å². The summed E-state index contributed by atoms with van der Waals surface area (Å²) in [4.78, 5) is 16.9. The molecule has 0 unspecified atom stereocenters. The molecule has 3 nitrogen and oxygen atoms in total. The van der Waals surface area contributed by atoms with Crippen LogP contribution in [0.3, 0.4) is 0 Å². The molecule has 0 amide bonds. The fourth-order valence-corrected chi connectivity index (χ4v) is 1.76. The lowest BCUT2D eigenvalue weighted by Gasteiger charge is -2.10. The topological polar surface area (TPSA) is 33.2 Å². The average Bonchev–Trinajstić information content (AvgIpc) is 2.45. The molecular weight excluding hydrogens is 196 g/mol. The van der Waals surface area contributed by atoms with Gasteiger partial charge in [-0.15, -0.1) is 0 Å². The van der Waals surface area contributed by atoms with Crippen molar-refractivity contribution in [3.8, 4) is 0 Å². The van der Waals surface area contributed by atoms with E-state index < -0.39 is 0 Å². The van der Waals surface area contributed by atoms with E-state index in [0.29, 0.717) is 10.0 Å². The van der Waals surface area contributed by atoms with Crippen LogP contribution in [-0.4, -0.2) is 24.9 Å². The second-order valence-electron chi connectivity index (χ2n) is 2.28. The molecule has 0 aliphatic carbocycles. The lowest BCUT2D eigenvalue weighted by atomic mass is 10.6. The van der Waals surface area contributed by atoms with Crippen LogP contribution in [0.1, 0.15) is 16.6 Å². The molecule has 0 aliphatic rings. The molecule has 1 rings (SSSR count). The molecular formula is C7H9ClN2OS. The number of hydrogen-bond donors (Lipinski definition) is 0. The zero-order valence-corrected chi connectivity index (χ0v) is 8.45. The van der Waals surface area contributed by atoms with E-state index in [4.69, 9.17) is 11.6 Å². The van der Waals surface area contributed by atoms with E-state index in [-0.39, 0.29) is 0 Å². The standard InChI is InChI=1S/C7H9ClN2OS/c1-3-10(2)7-9-6(8)5(4-11)12-7/h4H,3H2,1-2H3. The molecule has 1 aromatic rings. The van der Waals surface area contributed by atoms with Crippen LogP contribution >= 0.6 is 22.9 Å². The average molecular weight is 205 g/mol. The summed E-state index contributed by atoms with van der Waals surface area (Å²) in [7, 11) is 1.91. The Morgan fingerprint density at radius 2 is 2.42 bits per heavy atom. The maximum absolute atomic E-state index is 10.4. The van der Waals surface area contributed by atoms with Crippen molar-refractivity contribution in [3.63, 3.8) is 0 Å². The monoisotopic (exact) mass is 204 g/mol. The molecule has 66 valence electrons. The molecule has 0 aliphatic heterocycles. The number of thiazole rings is 1. The van der Waals surface area contributed by atoms with Gasteiger partial charge in [-0.3, -0.25) is 4.79 Å². The fraction of sp³-hybridized carbons (Fsp3) is 0.429. The van der Waals surface area contributed by atoms with Crippen LogP contribution in [0.25, 0.3) is 0 Å². The fourth-order valence-electron chi connectivity index (χ4n) is 0.674. The molecule has 1 aromatic heterocycles. The highest BCUT2D eigenvalue weighted by molar-refractivity contribution is 7.17. The van der Waals surface area contributed by atoms with Gasteiger partial charge in [-0.2, -0.15) is 0 Å². The minimum atomic E-state index is 0.297. The number of aromatic nitrogens is 1. The van der Waals surface area contributed by atoms with Crippen LogP contribution in [0.15, 0.2) is 0 Å². The summed E-state index contributed by atoms with van der Waals surface area (Å²) in [5.41, 5.74) is 0. The first kappa shape index (κ1) is 9.48. The van der Waals surface area contributed by atoms with Gasteiger partial charge in [-0.1, -0.05) is 22.9 Å². The predicted molar refractivity (Wildman–Crippen MR) is 51.5 cm³/mol. The van der Waals surface area contributed by atoms with Gasteiger partial charge in [0, 0.05) is 13.6 Å². The van der Waals surface area contributed by atoms with Gasteiger partial charge in [-0.25, -0.2) is 4.98 Å². The Labute approximate surface area is 80.0 Å². The number of carbonyl (C=O) groups is 1. The van der Waals surface area contributed by atoms with Crippen molar-refractivity contribution >= 4 is 34.4 Å². The number of carbonyl (C=O) groups excluding carboxylic acids is 1. The zero-order chi connectivity index (χ0) is 9.14. The molecule has 0 spiro atoms. The summed E-state index contributed by atoms with van der Waals surface area (Å²) in [5.74, 6) is 0. The second-order valence-corrected chi connectivity index (χ2v) is 3.65. The Bertz CT molecular complexity index is 287. The first-order valence-electron chi connectivity index (χ1n) is 3.51. The normalized spacial score (nSPS) is 9.92. The molecule has 0 saturated carbocycles. The van der Waals surface area contributed by atoms with Crippen LogP contribution in [0.5, 0.6) is 0 Å². The minimum Gasteiger partial charge on any atom is -0.351 e. The van der Waals surface area contributed by atoms with Gasteiger partial charge >= 0.3 is 0 Å².